The Kier molecular flexibility index (Phi) is 14.4. The number of nitrogens with one attached hydrogen (secondary N) is 1. The molecule has 0 radical (unpaired) electrons. The van der Waals surface area contributed by atoms with Gasteiger partial charge in [0.2, 0.25) is 0 Å². The molecule has 0 saturated carbocycles. The summed E-state index contributed by atoms with van der Waals surface area (Å²) in [6, 6.07) is 11.2. The number of benzene rings is 1. The van der Waals surface area contributed by atoms with Crippen molar-refractivity contribution >= 4 is 16.2 Å². The number of nitrogens with zero attached hydrogens (tertiary/aromatic N) is 1. The van der Waals surface area contributed by atoms with E-state index in [0.29, 0.717) is 16.9 Å². The predicted molar refractivity (Wildman–Crippen MR) is 158 cm³/mol. The molecule has 2 aliphatic rings. The smallest absolute Gasteiger partial charge is 0.408 e. The van der Waals surface area contributed by atoms with Gasteiger partial charge in [-0.25, -0.2) is 13.2 Å². The van der Waals surface area contributed by atoms with Crippen molar-refractivity contribution < 1.29 is 32.0 Å². The van der Waals surface area contributed by atoms with Gasteiger partial charge in [0, 0.05) is 24.7 Å². The van der Waals surface area contributed by atoms with Gasteiger partial charge in [0.1, 0.15) is 36.9 Å². The fourth-order valence-electron chi connectivity index (χ4n) is 5.86. The summed E-state index contributed by atoms with van der Waals surface area (Å²) in [6.45, 7) is 9.68. The lowest BCUT2D eigenvalue weighted by molar-refractivity contribution is -1.11. The Labute approximate surface area is 243 Å². The van der Waals surface area contributed by atoms with Gasteiger partial charge >= 0.3 is 6.09 Å². The van der Waals surface area contributed by atoms with Crippen molar-refractivity contribution in [3.05, 3.63) is 35.9 Å². The van der Waals surface area contributed by atoms with Gasteiger partial charge in [-0.1, -0.05) is 101 Å². The summed E-state index contributed by atoms with van der Waals surface area (Å²) >= 11 is 0. The zero-order valence-corrected chi connectivity index (χ0v) is 26.3. The maximum atomic E-state index is 12.4. The number of quaternary nitrogens is 1. The maximum Gasteiger partial charge on any atom is 0.408 e. The molecule has 0 aliphatic carbocycles. The highest BCUT2D eigenvalue weighted by Gasteiger charge is 2.60. The topological polar surface area (TPSA) is 105 Å². The molecule has 230 valence electrons. The Bertz CT molecular complexity index is 958. The van der Waals surface area contributed by atoms with Crippen LogP contribution in [-0.4, -0.2) is 60.3 Å². The fourth-order valence-corrected chi connectivity index (χ4v) is 5.86. The van der Waals surface area contributed by atoms with E-state index >= 15 is 0 Å². The summed E-state index contributed by atoms with van der Waals surface area (Å²) < 4.78 is 33.4. The van der Waals surface area contributed by atoms with E-state index in [2.05, 4.69) is 42.6 Å². The molecule has 3 rings (SSSR count). The third kappa shape index (κ3) is 13.8. The molecule has 1 aromatic rings. The van der Waals surface area contributed by atoms with Crippen LogP contribution in [0.15, 0.2) is 30.3 Å². The summed E-state index contributed by atoms with van der Waals surface area (Å²) in [5.41, 5.74) is 0.812. The third-order valence-electron chi connectivity index (χ3n) is 7.61. The van der Waals surface area contributed by atoms with Crippen molar-refractivity contribution in [2.24, 2.45) is 0 Å². The second-order valence-corrected chi connectivity index (χ2v) is 14.0. The van der Waals surface area contributed by atoms with Gasteiger partial charge in [-0.05, 0) is 27.2 Å². The molecule has 8 nitrogen and oxygen atoms in total. The minimum atomic E-state index is -3.92. The van der Waals surface area contributed by atoms with Crippen molar-refractivity contribution in [1.82, 2.24) is 5.32 Å². The van der Waals surface area contributed by atoms with E-state index in [4.69, 9.17) is 22.5 Å². The monoisotopic (exact) mass is 582 g/mol. The molecule has 1 aromatic carbocycles. The summed E-state index contributed by atoms with van der Waals surface area (Å²) in [7, 11) is -3.92. The number of alkyl carbamates (subject to hydrolysis) is 1. The van der Waals surface area contributed by atoms with Crippen LogP contribution in [0.2, 0.25) is 0 Å². The van der Waals surface area contributed by atoms with E-state index in [1.165, 1.54) is 82.6 Å². The highest BCUT2D eigenvalue weighted by atomic mass is 32.2. The summed E-state index contributed by atoms with van der Waals surface area (Å²) in [5.74, 6) is 0. The molecule has 2 heterocycles. The second kappa shape index (κ2) is 16.7. The van der Waals surface area contributed by atoms with E-state index in [-0.39, 0.29) is 18.2 Å². The Balaban J connectivity index is 0.00000103. The minimum absolute atomic E-state index is 0.0159. The number of piperidine rings is 1. The largest absolute Gasteiger partial charge is 0.748 e. The lowest BCUT2D eigenvalue weighted by atomic mass is 9.92. The Morgan fingerprint density at radius 1 is 1.00 bits per heavy atom. The molecule has 2 bridgehead atoms. The zero-order chi connectivity index (χ0) is 29.7. The number of fused-ring (bicyclic) bond motifs is 2. The molecule has 40 heavy (non-hydrogen) atoms. The van der Waals surface area contributed by atoms with Crippen molar-refractivity contribution in [2.45, 2.75) is 141 Å². The van der Waals surface area contributed by atoms with Crippen molar-refractivity contribution in [3.63, 3.8) is 0 Å². The average molecular weight is 583 g/mol. The van der Waals surface area contributed by atoms with E-state index in [1.807, 2.05) is 20.8 Å². The molecule has 0 spiro atoms. The molecule has 2 aliphatic heterocycles. The van der Waals surface area contributed by atoms with Crippen LogP contribution in [0.25, 0.3) is 0 Å². The van der Waals surface area contributed by atoms with Crippen LogP contribution in [0.4, 0.5) is 4.79 Å². The molecule has 2 saturated heterocycles. The first-order valence-corrected chi connectivity index (χ1v) is 17.1. The van der Waals surface area contributed by atoms with Crippen LogP contribution in [0.3, 0.4) is 0 Å². The number of ether oxygens (including phenoxy) is 1. The number of amides is 1. The fraction of sp³-hybridized carbons (Fsp3) is 0.774. The Morgan fingerprint density at radius 2 is 1.52 bits per heavy atom. The van der Waals surface area contributed by atoms with Crippen molar-refractivity contribution in [3.8, 4) is 0 Å². The summed E-state index contributed by atoms with van der Waals surface area (Å²) in [5, 5.41) is 3.11. The Morgan fingerprint density at radius 3 is 2.05 bits per heavy atom. The van der Waals surface area contributed by atoms with Gasteiger partial charge in [0.15, 0.2) is 0 Å². The van der Waals surface area contributed by atoms with Gasteiger partial charge in [-0.3, -0.25) is 0 Å². The normalized spacial score (nSPS) is 23.9. The molecule has 0 unspecified atom stereocenters. The number of hydrogen-bond acceptors (Lipinski definition) is 6. The zero-order valence-electron chi connectivity index (χ0n) is 25.5. The minimum Gasteiger partial charge on any atom is -0.748 e. The van der Waals surface area contributed by atoms with Gasteiger partial charge in [-0.15, -0.1) is 0 Å². The molecule has 0 aromatic heterocycles. The third-order valence-corrected chi connectivity index (χ3v) is 7.61. The molecule has 4 atom stereocenters. The first kappa shape index (κ1) is 34.5. The number of unbranched alkanes of at least 4 members (excludes halogenated alkanes) is 10. The van der Waals surface area contributed by atoms with Crippen LogP contribution in [0.1, 0.15) is 117 Å². The van der Waals surface area contributed by atoms with Gasteiger partial charge in [0.05, 0.1) is 10.1 Å². The Hall–Kier alpha value is -1.68. The molecular weight excluding hydrogens is 528 g/mol. The van der Waals surface area contributed by atoms with Crippen LogP contribution >= 0.6 is 0 Å². The predicted octanol–water partition coefficient (Wildman–Crippen LogP) is 6.85. The molecule has 1 amide bonds. The molecule has 1 N–H and O–H groups in total. The van der Waals surface area contributed by atoms with E-state index in [1.54, 1.807) is 0 Å². The van der Waals surface area contributed by atoms with Crippen LogP contribution in [-0.2, 0) is 26.2 Å². The van der Waals surface area contributed by atoms with E-state index in [0.717, 1.165) is 19.5 Å². The number of hydrogen-bond donors (Lipinski definition) is 1. The SMILES string of the molecule is CCCCCCCCCCCCC[C@H]1C[C@H]2O[N@+]1(Cc1ccccc1)C[C@@H]2NC(=O)OC(C)(C)C.CS(=O)(=O)[O-]. The van der Waals surface area contributed by atoms with Gasteiger partial charge in [0.25, 0.3) is 0 Å². The first-order chi connectivity index (χ1) is 18.8. The summed E-state index contributed by atoms with van der Waals surface area (Å²) in [6.07, 6.45) is 17.7. The molecule has 9 heteroatoms. The quantitative estimate of drug-likeness (QED) is 0.138. The number of carbonyl (C=O) groups excluding carboxylic acids is 1. The maximum absolute atomic E-state index is 12.4. The van der Waals surface area contributed by atoms with Crippen LogP contribution in [0.5, 0.6) is 0 Å². The second-order valence-electron chi connectivity index (χ2n) is 12.6. The average Bonchev–Trinajstić information content (AvgIpc) is 3.35. The first-order valence-electron chi connectivity index (χ1n) is 15.3. The van der Waals surface area contributed by atoms with Crippen LogP contribution < -0.4 is 5.32 Å². The standard InChI is InChI=1S/C30H50N2O3.CH4O3S/c1-5-6-7-8-9-10-11-12-13-14-18-21-26-22-28-27(31-29(33)34-30(2,3)4)24-32(26,35-28)23-25-19-16-15-17-20-25;1-5(2,3)4/h15-17,19-20,26-28H,5-14,18,21-24H2,1-4H3;1H3,(H,2,3,4)/t26-,27-,28+,32+;/m0./s1. The van der Waals surface area contributed by atoms with Gasteiger partial charge < -0.3 is 14.6 Å². The number of rotatable bonds is 15. The van der Waals surface area contributed by atoms with E-state index < -0.39 is 15.7 Å². The number of carbonyl (C=O) groups is 1. The highest BCUT2D eigenvalue weighted by molar-refractivity contribution is 7.84. The van der Waals surface area contributed by atoms with Crippen LogP contribution in [0, 0.1) is 0 Å². The highest BCUT2D eigenvalue weighted by Crippen LogP contribution is 2.43. The lowest BCUT2D eigenvalue weighted by Crippen LogP contribution is -2.56. The van der Waals surface area contributed by atoms with E-state index in [9.17, 15) is 4.79 Å². The van der Waals surface area contributed by atoms with Crippen molar-refractivity contribution in [2.75, 3.05) is 12.8 Å². The van der Waals surface area contributed by atoms with Crippen molar-refractivity contribution in [1.29, 1.82) is 0 Å². The molecule has 2 fully saturated rings. The summed E-state index contributed by atoms with van der Waals surface area (Å²) in [4.78, 5) is 19.1. The lowest BCUT2D eigenvalue weighted by Gasteiger charge is -2.36. The van der Waals surface area contributed by atoms with Gasteiger partial charge in [-0.2, -0.15) is 9.48 Å². The molecular formula is C31H54N2O6S. The number of hydroxylamine groups is 3.